The molecule has 0 fully saturated rings. The maximum Gasteiger partial charge on any atom is 0.146 e. The molecule has 3 aromatic rings. The van der Waals surface area contributed by atoms with E-state index in [4.69, 9.17) is 0 Å². The van der Waals surface area contributed by atoms with E-state index in [2.05, 4.69) is 15.5 Å². The summed E-state index contributed by atoms with van der Waals surface area (Å²) >= 11 is 1.64. The van der Waals surface area contributed by atoms with E-state index < -0.39 is 0 Å². The molecule has 0 saturated heterocycles. The van der Waals surface area contributed by atoms with Crippen molar-refractivity contribution in [1.29, 1.82) is 0 Å². The summed E-state index contributed by atoms with van der Waals surface area (Å²) in [5, 5.41) is 12.2. The molecule has 3 rings (SSSR count). The third kappa shape index (κ3) is 2.51. The molecule has 0 amide bonds. The highest BCUT2D eigenvalue weighted by atomic mass is 32.1. The number of rotatable bonds is 4. The van der Waals surface area contributed by atoms with Gasteiger partial charge in [0.2, 0.25) is 0 Å². The maximum absolute atomic E-state index is 13.5. The third-order valence-electron chi connectivity index (χ3n) is 2.82. The predicted molar refractivity (Wildman–Crippen MR) is 75.6 cm³/mol. The fourth-order valence-electron chi connectivity index (χ4n) is 1.87. The van der Waals surface area contributed by atoms with Gasteiger partial charge in [-0.15, -0.1) is 11.3 Å². The van der Waals surface area contributed by atoms with Gasteiger partial charge in [-0.25, -0.2) is 4.39 Å². The van der Waals surface area contributed by atoms with E-state index in [-0.39, 0.29) is 5.82 Å². The van der Waals surface area contributed by atoms with Crippen LogP contribution in [0.5, 0.6) is 0 Å². The molecule has 2 N–H and O–H groups in total. The Labute approximate surface area is 114 Å². The summed E-state index contributed by atoms with van der Waals surface area (Å²) in [5.74, 6) is -0.247. The van der Waals surface area contributed by atoms with Gasteiger partial charge in [-0.1, -0.05) is 18.2 Å². The number of benzene rings is 1. The highest BCUT2D eigenvalue weighted by Crippen LogP contribution is 2.26. The third-order valence-corrected chi connectivity index (χ3v) is 3.69. The summed E-state index contributed by atoms with van der Waals surface area (Å²) in [6.07, 6.45) is 1.84. The summed E-state index contributed by atoms with van der Waals surface area (Å²) < 4.78 is 13.5. The molecule has 0 saturated carbocycles. The molecular weight excluding hydrogens is 261 g/mol. The first-order valence-electron chi connectivity index (χ1n) is 5.89. The number of nitrogens with one attached hydrogen (secondary N) is 2. The highest BCUT2D eigenvalue weighted by molar-refractivity contribution is 7.13. The molecule has 19 heavy (non-hydrogen) atoms. The molecule has 0 atom stereocenters. The van der Waals surface area contributed by atoms with Gasteiger partial charge in [0.15, 0.2) is 0 Å². The minimum absolute atomic E-state index is 0.247. The van der Waals surface area contributed by atoms with Gasteiger partial charge in [0.1, 0.15) is 11.5 Å². The lowest BCUT2D eigenvalue weighted by Gasteiger charge is -2.06. The van der Waals surface area contributed by atoms with Crippen LogP contribution in [0.3, 0.4) is 0 Å². The second-order valence-corrected chi connectivity index (χ2v) is 5.02. The average Bonchev–Trinajstić information content (AvgIpc) is 3.08. The van der Waals surface area contributed by atoms with Crippen LogP contribution in [-0.2, 0) is 6.54 Å². The largest absolute Gasteiger partial charge is 0.378 e. The van der Waals surface area contributed by atoms with Crippen molar-refractivity contribution in [2.75, 3.05) is 5.32 Å². The van der Waals surface area contributed by atoms with Crippen LogP contribution in [0.15, 0.2) is 48.0 Å². The number of halogens is 1. The molecule has 0 unspecified atom stereocenters. The zero-order chi connectivity index (χ0) is 13.1. The lowest BCUT2D eigenvalue weighted by molar-refractivity contribution is 0.630. The second-order valence-electron chi connectivity index (χ2n) is 4.07. The molecular formula is C14H12FN3S. The number of anilines is 1. The molecule has 1 aromatic carbocycles. The Morgan fingerprint density at radius 3 is 2.89 bits per heavy atom. The van der Waals surface area contributed by atoms with Gasteiger partial charge in [0, 0.05) is 18.3 Å². The smallest absolute Gasteiger partial charge is 0.146 e. The van der Waals surface area contributed by atoms with Gasteiger partial charge in [0.25, 0.3) is 0 Å². The van der Waals surface area contributed by atoms with Crippen molar-refractivity contribution in [2.45, 2.75) is 6.54 Å². The van der Waals surface area contributed by atoms with Gasteiger partial charge in [0.05, 0.1) is 10.6 Å². The predicted octanol–water partition coefficient (Wildman–Crippen LogP) is 3.89. The normalized spacial score (nSPS) is 10.6. The molecule has 3 nitrogen and oxygen atoms in total. The van der Waals surface area contributed by atoms with Crippen LogP contribution >= 0.6 is 11.3 Å². The molecule has 0 spiro atoms. The van der Waals surface area contributed by atoms with Crippen LogP contribution < -0.4 is 5.32 Å². The first-order valence-corrected chi connectivity index (χ1v) is 6.77. The standard InChI is InChI=1S/C14H12FN3S/c15-11-4-1-2-5-12(11)16-8-10-9-17-18-14(10)13-6-3-7-19-13/h1-7,9,16H,8H2,(H,17,18). The van der Waals surface area contributed by atoms with E-state index in [1.54, 1.807) is 29.5 Å². The monoisotopic (exact) mass is 273 g/mol. The maximum atomic E-state index is 13.5. The van der Waals surface area contributed by atoms with Crippen molar-refractivity contribution in [3.8, 4) is 10.6 Å². The first kappa shape index (κ1) is 11.9. The number of nitrogens with zero attached hydrogens (tertiary/aromatic N) is 1. The van der Waals surface area contributed by atoms with Crippen LogP contribution in [0.2, 0.25) is 0 Å². The minimum atomic E-state index is -0.247. The van der Waals surface area contributed by atoms with Gasteiger partial charge in [-0.05, 0) is 23.6 Å². The van der Waals surface area contributed by atoms with Crippen molar-refractivity contribution in [2.24, 2.45) is 0 Å². The number of hydrogen-bond acceptors (Lipinski definition) is 3. The van der Waals surface area contributed by atoms with Crippen molar-refractivity contribution < 1.29 is 4.39 Å². The van der Waals surface area contributed by atoms with E-state index in [1.807, 2.05) is 23.7 Å². The summed E-state index contributed by atoms with van der Waals surface area (Å²) in [6, 6.07) is 10.7. The molecule has 0 aliphatic carbocycles. The van der Waals surface area contributed by atoms with E-state index >= 15 is 0 Å². The Bertz CT molecular complexity index is 661. The molecule has 2 aromatic heterocycles. The Morgan fingerprint density at radius 2 is 2.11 bits per heavy atom. The molecule has 96 valence electrons. The first-order chi connectivity index (χ1) is 9.34. The van der Waals surface area contributed by atoms with Gasteiger partial charge >= 0.3 is 0 Å². The van der Waals surface area contributed by atoms with Gasteiger partial charge in [-0.3, -0.25) is 5.10 Å². The van der Waals surface area contributed by atoms with E-state index in [0.717, 1.165) is 16.1 Å². The molecule has 2 heterocycles. The Hall–Kier alpha value is -2.14. The van der Waals surface area contributed by atoms with Crippen molar-refractivity contribution in [3.63, 3.8) is 0 Å². The number of aromatic amines is 1. The highest BCUT2D eigenvalue weighted by Gasteiger charge is 2.09. The zero-order valence-corrected chi connectivity index (χ0v) is 10.9. The van der Waals surface area contributed by atoms with Crippen LogP contribution in [-0.4, -0.2) is 10.2 Å². The van der Waals surface area contributed by atoms with Gasteiger partial charge in [-0.2, -0.15) is 5.10 Å². The number of para-hydroxylation sites is 1. The second kappa shape index (κ2) is 5.24. The fourth-order valence-corrected chi connectivity index (χ4v) is 2.62. The SMILES string of the molecule is Fc1ccccc1NCc1c[nH]nc1-c1cccs1. The van der Waals surface area contributed by atoms with Crippen LogP contribution in [0, 0.1) is 5.82 Å². The lowest BCUT2D eigenvalue weighted by Crippen LogP contribution is -2.01. The number of thiophene rings is 1. The zero-order valence-electron chi connectivity index (χ0n) is 10.1. The molecule has 0 radical (unpaired) electrons. The topological polar surface area (TPSA) is 40.7 Å². The number of H-pyrrole nitrogens is 1. The molecule has 5 heteroatoms. The summed E-state index contributed by atoms with van der Waals surface area (Å²) in [6.45, 7) is 0.532. The fraction of sp³-hybridized carbons (Fsp3) is 0.0714. The Balaban J connectivity index is 1.78. The van der Waals surface area contributed by atoms with Crippen molar-refractivity contribution in [1.82, 2.24) is 10.2 Å². The van der Waals surface area contributed by atoms with Crippen molar-refractivity contribution >= 4 is 17.0 Å². The molecule has 0 bridgehead atoms. The van der Waals surface area contributed by atoms with Crippen molar-refractivity contribution in [3.05, 3.63) is 59.4 Å². The molecule has 0 aliphatic heterocycles. The minimum Gasteiger partial charge on any atom is -0.378 e. The lowest BCUT2D eigenvalue weighted by atomic mass is 10.2. The summed E-state index contributed by atoms with van der Waals surface area (Å²) in [7, 11) is 0. The van der Waals surface area contributed by atoms with E-state index in [9.17, 15) is 4.39 Å². The van der Waals surface area contributed by atoms with E-state index in [0.29, 0.717) is 12.2 Å². The van der Waals surface area contributed by atoms with Crippen LogP contribution in [0.25, 0.3) is 10.6 Å². The number of hydrogen-bond donors (Lipinski definition) is 2. The van der Waals surface area contributed by atoms with Crippen LogP contribution in [0.1, 0.15) is 5.56 Å². The average molecular weight is 273 g/mol. The Morgan fingerprint density at radius 1 is 1.21 bits per heavy atom. The Kier molecular flexibility index (Phi) is 3.29. The van der Waals surface area contributed by atoms with Crippen LogP contribution in [0.4, 0.5) is 10.1 Å². The molecule has 0 aliphatic rings. The number of aromatic nitrogens is 2. The van der Waals surface area contributed by atoms with Gasteiger partial charge < -0.3 is 5.32 Å². The summed E-state index contributed by atoms with van der Waals surface area (Å²) in [4.78, 5) is 1.10. The van der Waals surface area contributed by atoms with E-state index in [1.165, 1.54) is 6.07 Å². The summed E-state index contributed by atoms with van der Waals surface area (Å²) in [5.41, 5.74) is 2.44. The quantitative estimate of drug-likeness (QED) is 0.757.